The SMILES string of the molecule is O=C1[C@@H]2Cc3c([nH]c4ccccc34)C(c3cccc([N+](=O)[O-])c3)N2C(=O)CN1Cc1ccco1. The molecule has 1 saturated heterocycles. The second-order valence-electron chi connectivity index (χ2n) is 8.61. The number of nitrogens with zero attached hydrogens (tertiary/aromatic N) is 3. The number of fused-ring (bicyclic) bond motifs is 4. The normalized spacial score (nSPS) is 19.9. The first-order valence-electron chi connectivity index (χ1n) is 11.0. The first kappa shape index (κ1) is 20.2. The van der Waals surface area contributed by atoms with E-state index < -0.39 is 17.0 Å². The van der Waals surface area contributed by atoms with Crippen LogP contribution >= 0.6 is 0 Å². The molecule has 4 aromatic rings. The maximum absolute atomic E-state index is 13.6. The molecule has 2 aliphatic rings. The Morgan fingerprint density at radius 2 is 1.94 bits per heavy atom. The molecule has 0 bridgehead atoms. The Bertz CT molecular complexity index is 1440. The Morgan fingerprint density at radius 1 is 1.09 bits per heavy atom. The fraction of sp³-hybridized carbons (Fsp3) is 0.200. The van der Waals surface area contributed by atoms with Crippen molar-refractivity contribution in [2.75, 3.05) is 6.54 Å². The number of nitro benzene ring substituents is 1. The molecule has 1 N–H and O–H groups in total. The van der Waals surface area contributed by atoms with Gasteiger partial charge in [-0.05, 0) is 29.3 Å². The van der Waals surface area contributed by atoms with Gasteiger partial charge in [0.15, 0.2) is 0 Å². The van der Waals surface area contributed by atoms with E-state index in [1.54, 1.807) is 29.2 Å². The van der Waals surface area contributed by atoms with Crippen molar-refractivity contribution in [2.45, 2.75) is 25.0 Å². The smallest absolute Gasteiger partial charge is 0.269 e. The lowest BCUT2D eigenvalue weighted by molar-refractivity contribution is -0.384. The fourth-order valence-corrected chi connectivity index (χ4v) is 5.20. The Kier molecular flexibility index (Phi) is 4.51. The highest BCUT2D eigenvalue weighted by molar-refractivity contribution is 5.97. The van der Waals surface area contributed by atoms with E-state index in [2.05, 4.69) is 4.98 Å². The number of furan rings is 1. The molecule has 1 fully saturated rings. The number of H-pyrrole nitrogens is 1. The van der Waals surface area contributed by atoms with Crippen LogP contribution in [-0.2, 0) is 22.6 Å². The van der Waals surface area contributed by atoms with Gasteiger partial charge in [0.05, 0.1) is 23.8 Å². The predicted octanol–water partition coefficient (Wildman–Crippen LogP) is 3.55. The van der Waals surface area contributed by atoms with Crippen LogP contribution in [0.25, 0.3) is 10.9 Å². The van der Waals surface area contributed by atoms with Crippen LogP contribution in [0.5, 0.6) is 0 Å². The predicted molar refractivity (Wildman–Crippen MR) is 122 cm³/mol. The van der Waals surface area contributed by atoms with E-state index in [-0.39, 0.29) is 30.6 Å². The number of para-hydroxylation sites is 1. The van der Waals surface area contributed by atoms with Gasteiger partial charge in [-0.25, -0.2) is 0 Å². The van der Waals surface area contributed by atoms with Gasteiger partial charge in [-0.15, -0.1) is 0 Å². The second-order valence-corrected chi connectivity index (χ2v) is 8.61. The van der Waals surface area contributed by atoms with Crippen molar-refractivity contribution in [1.29, 1.82) is 0 Å². The number of rotatable bonds is 4. The van der Waals surface area contributed by atoms with E-state index in [4.69, 9.17) is 4.42 Å². The summed E-state index contributed by atoms with van der Waals surface area (Å²) in [5, 5.41) is 12.4. The van der Waals surface area contributed by atoms with Crippen LogP contribution in [0.3, 0.4) is 0 Å². The Morgan fingerprint density at radius 3 is 2.74 bits per heavy atom. The first-order chi connectivity index (χ1) is 16.5. The molecule has 2 aromatic carbocycles. The molecule has 9 nitrogen and oxygen atoms in total. The zero-order chi connectivity index (χ0) is 23.4. The molecule has 4 heterocycles. The van der Waals surface area contributed by atoms with Crippen molar-refractivity contribution in [2.24, 2.45) is 0 Å². The lowest BCUT2D eigenvalue weighted by Crippen LogP contribution is -2.62. The zero-order valence-electron chi connectivity index (χ0n) is 18.0. The molecule has 1 unspecified atom stereocenters. The van der Waals surface area contributed by atoms with Crippen LogP contribution in [0.2, 0.25) is 0 Å². The first-order valence-corrected chi connectivity index (χ1v) is 11.0. The summed E-state index contributed by atoms with van der Waals surface area (Å²) in [5.41, 5.74) is 3.17. The third kappa shape index (κ3) is 3.08. The van der Waals surface area contributed by atoms with Crippen molar-refractivity contribution in [3.05, 3.63) is 99.6 Å². The molecule has 0 spiro atoms. The molecular formula is C25H20N4O5. The number of amides is 2. The summed E-state index contributed by atoms with van der Waals surface area (Å²) in [7, 11) is 0. The molecule has 34 heavy (non-hydrogen) atoms. The quantitative estimate of drug-likeness (QED) is 0.373. The number of nitro groups is 1. The van der Waals surface area contributed by atoms with Crippen molar-refractivity contribution in [3.63, 3.8) is 0 Å². The van der Waals surface area contributed by atoms with Crippen LogP contribution in [0.15, 0.2) is 71.3 Å². The minimum Gasteiger partial charge on any atom is -0.467 e. The summed E-state index contributed by atoms with van der Waals surface area (Å²) in [5.74, 6) is 0.229. The summed E-state index contributed by atoms with van der Waals surface area (Å²) in [6, 6.07) is 16.2. The van der Waals surface area contributed by atoms with Gasteiger partial charge in [0.2, 0.25) is 11.8 Å². The summed E-state index contributed by atoms with van der Waals surface area (Å²) in [6.07, 6.45) is 1.90. The molecule has 6 rings (SSSR count). The van der Waals surface area contributed by atoms with Crippen LogP contribution in [0.4, 0.5) is 5.69 Å². The van der Waals surface area contributed by atoms with Crippen molar-refractivity contribution in [1.82, 2.24) is 14.8 Å². The Labute approximate surface area is 193 Å². The number of piperazine rings is 1. The average Bonchev–Trinajstić information content (AvgIpc) is 3.48. The minimum absolute atomic E-state index is 0.0625. The van der Waals surface area contributed by atoms with Gasteiger partial charge in [0, 0.05) is 35.2 Å². The van der Waals surface area contributed by atoms with Gasteiger partial charge in [0.1, 0.15) is 18.3 Å². The van der Waals surface area contributed by atoms with Crippen LogP contribution < -0.4 is 0 Å². The van der Waals surface area contributed by atoms with Crippen LogP contribution in [0, 0.1) is 10.1 Å². The van der Waals surface area contributed by atoms with E-state index >= 15 is 0 Å². The third-order valence-corrected chi connectivity index (χ3v) is 6.67. The summed E-state index contributed by atoms with van der Waals surface area (Å²) < 4.78 is 5.40. The fourth-order valence-electron chi connectivity index (χ4n) is 5.20. The molecule has 2 aliphatic heterocycles. The average molecular weight is 456 g/mol. The number of carbonyl (C=O) groups is 2. The maximum Gasteiger partial charge on any atom is 0.269 e. The summed E-state index contributed by atoms with van der Waals surface area (Å²) in [4.78, 5) is 44.7. The number of benzene rings is 2. The number of hydrogen-bond acceptors (Lipinski definition) is 5. The molecule has 2 aromatic heterocycles. The molecular weight excluding hydrogens is 436 g/mol. The standard InChI is InChI=1S/C25H20N4O5/c30-22-14-27(13-17-7-4-10-34-17)25(31)21-12-19-18-8-1-2-9-20(18)26-23(19)24(28(21)22)15-5-3-6-16(11-15)29(32)33/h1-11,21,24,26H,12-14H2/t21-,24?/m0/s1. The van der Waals surface area contributed by atoms with Gasteiger partial charge < -0.3 is 19.2 Å². The molecule has 2 atom stereocenters. The Hall–Kier alpha value is -4.40. The lowest BCUT2D eigenvalue weighted by atomic mass is 9.86. The Balaban J connectivity index is 1.49. The number of aromatic amines is 1. The van der Waals surface area contributed by atoms with E-state index in [0.717, 1.165) is 22.2 Å². The number of hydrogen-bond donors (Lipinski definition) is 1. The lowest BCUT2D eigenvalue weighted by Gasteiger charge is -2.46. The van der Waals surface area contributed by atoms with Crippen molar-refractivity contribution >= 4 is 28.4 Å². The van der Waals surface area contributed by atoms with E-state index in [9.17, 15) is 19.7 Å². The van der Waals surface area contributed by atoms with Gasteiger partial charge in [0.25, 0.3) is 5.69 Å². The molecule has 0 aliphatic carbocycles. The maximum atomic E-state index is 13.6. The van der Waals surface area contributed by atoms with Crippen molar-refractivity contribution < 1.29 is 18.9 Å². The van der Waals surface area contributed by atoms with Crippen molar-refractivity contribution in [3.8, 4) is 0 Å². The van der Waals surface area contributed by atoms with Gasteiger partial charge in [-0.2, -0.15) is 0 Å². The van der Waals surface area contributed by atoms with Gasteiger partial charge in [-0.1, -0.05) is 30.3 Å². The number of non-ortho nitro benzene ring substituents is 1. The topological polar surface area (TPSA) is 113 Å². The van der Waals surface area contributed by atoms with E-state index in [0.29, 0.717) is 17.7 Å². The van der Waals surface area contributed by atoms with E-state index in [1.165, 1.54) is 23.3 Å². The zero-order valence-corrected chi connectivity index (χ0v) is 18.0. The number of aromatic nitrogens is 1. The molecule has 2 amide bonds. The van der Waals surface area contributed by atoms with Gasteiger partial charge >= 0.3 is 0 Å². The van der Waals surface area contributed by atoms with Gasteiger partial charge in [-0.3, -0.25) is 19.7 Å². The molecule has 0 radical (unpaired) electrons. The number of nitrogens with one attached hydrogen (secondary N) is 1. The highest BCUT2D eigenvalue weighted by Gasteiger charge is 2.48. The summed E-state index contributed by atoms with van der Waals surface area (Å²) in [6.45, 7) is 0.126. The van der Waals surface area contributed by atoms with Crippen LogP contribution in [0.1, 0.15) is 28.6 Å². The number of carbonyl (C=O) groups excluding carboxylic acids is 2. The highest BCUT2D eigenvalue weighted by Crippen LogP contribution is 2.43. The molecule has 170 valence electrons. The molecule has 9 heteroatoms. The second kappa shape index (κ2) is 7.58. The summed E-state index contributed by atoms with van der Waals surface area (Å²) >= 11 is 0. The monoisotopic (exact) mass is 456 g/mol. The third-order valence-electron chi connectivity index (χ3n) is 6.67. The van der Waals surface area contributed by atoms with Crippen LogP contribution in [-0.4, -0.2) is 44.1 Å². The largest absolute Gasteiger partial charge is 0.467 e. The molecule has 0 saturated carbocycles. The minimum atomic E-state index is -0.716. The van der Waals surface area contributed by atoms with E-state index in [1.807, 2.05) is 24.3 Å². The highest BCUT2D eigenvalue weighted by atomic mass is 16.6.